The van der Waals surface area contributed by atoms with Crippen LogP contribution >= 0.6 is 0 Å². The van der Waals surface area contributed by atoms with Gasteiger partial charge in [-0.05, 0) is 13.0 Å². The molecule has 2 aromatic carbocycles. The SMILES string of the molecule is Cc1n[nH]c2nc(-c3cccc(C(=N)NO)c3)c3c(F)cc(O)c(F)c3c12.O=C(O)C(F)(F)F. The Morgan fingerprint density at radius 3 is 2.38 bits per heavy atom. The fourth-order valence-corrected chi connectivity index (χ4v) is 3.14. The van der Waals surface area contributed by atoms with Crippen molar-refractivity contribution in [3.63, 3.8) is 0 Å². The van der Waals surface area contributed by atoms with E-state index in [9.17, 15) is 27.1 Å². The van der Waals surface area contributed by atoms with Crippen LogP contribution in [0.5, 0.6) is 5.75 Å². The van der Waals surface area contributed by atoms with Gasteiger partial charge in [-0.25, -0.2) is 18.6 Å². The van der Waals surface area contributed by atoms with Crippen LogP contribution in [0.1, 0.15) is 11.3 Å². The second-order valence-corrected chi connectivity index (χ2v) is 6.81. The number of amidine groups is 1. The van der Waals surface area contributed by atoms with Gasteiger partial charge in [0.25, 0.3) is 0 Å². The third kappa shape index (κ3) is 4.43. The van der Waals surface area contributed by atoms with Gasteiger partial charge in [0.1, 0.15) is 11.7 Å². The minimum atomic E-state index is -5.08. The number of alkyl halides is 3. The number of aromatic amines is 1. The number of hydrogen-bond donors (Lipinski definition) is 6. The summed E-state index contributed by atoms with van der Waals surface area (Å²) in [5.74, 6) is -5.63. The van der Waals surface area contributed by atoms with Crippen LogP contribution in [0.3, 0.4) is 0 Å². The second kappa shape index (κ2) is 8.90. The fraction of sp³-hybridized carbons (Fsp3) is 0.100. The molecule has 9 nitrogen and oxygen atoms in total. The number of fused-ring (bicyclic) bond motifs is 3. The van der Waals surface area contributed by atoms with Crippen LogP contribution in [0.2, 0.25) is 0 Å². The first-order chi connectivity index (χ1) is 15.9. The number of phenolic OH excluding ortho intramolecular Hbond substituents is 1. The van der Waals surface area contributed by atoms with Crippen LogP contribution in [-0.2, 0) is 4.79 Å². The van der Waals surface area contributed by atoms with Crippen molar-refractivity contribution >= 4 is 33.6 Å². The molecule has 6 N–H and O–H groups in total. The number of halogens is 5. The molecule has 4 aromatic rings. The van der Waals surface area contributed by atoms with Crippen molar-refractivity contribution in [3.05, 3.63) is 53.2 Å². The molecule has 0 saturated heterocycles. The smallest absolute Gasteiger partial charge is 0.490 e. The molecule has 0 aliphatic carbocycles. The highest BCUT2D eigenvalue weighted by molar-refractivity contribution is 6.12. The van der Waals surface area contributed by atoms with Gasteiger partial charge in [-0.2, -0.15) is 18.3 Å². The molecular weight excluding hydrogens is 469 g/mol. The van der Waals surface area contributed by atoms with Gasteiger partial charge >= 0.3 is 12.1 Å². The standard InChI is InChI=1S/C18H13F2N5O2.C2HF3O2/c1-7-12-14-13(10(19)6-11(26)15(14)20)16(22-18(12)24-23-7)8-3-2-4-9(5-8)17(21)25-27;3-2(4,5)1(6)7/h2-6,26-27H,1H3,(H2,21,25)(H,22,23,24);(H,6,7). The van der Waals surface area contributed by atoms with Crippen molar-refractivity contribution in [3.8, 4) is 17.0 Å². The van der Waals surface area contributed by atoms with Gasteiger partial charge < -0.3 is 10.2 Å². The number of hydroxylamine groups is 1. The largest absolute Gasteiger partial charge is 0.505 e. The molecule has 34 heavy (non-hydrogen) atoms. The third-order valence-electron chi connectivity index (χ3n) is 4.61. The van der Waals surface area contributed by atoms with E-state index in [-0.39, 0.29) is 33.3 Å². The van der Waals surface area contributed by atoms with Crippen LogP contribution in [0, 0.1) is 24.0 Å². The average molecular weight is 483 g/mol. The Hall–Kier alpha value is -4.33. The highest BCUT2D eigenvalue weighted by atomic mass is 19.4. The Labute approximate surface area is 185 Å². The maximum absolute atomic E-state index is 14.8. The van der Waals surface area contributed by atoms with Crippen molar-refractivity contribution in [2.75, 3.05) is 0 Å². The van der Waals surface area contributed by atoms with E-state index in [0.717, 1.165) is 0 Å². The van der Waals surface area contributed by atoms with E-state index in [4.69, 9.17) is 20.5 Å². The molecule has 0 spiro atoms. The first-order valence-corrected chi connectivity index (χ1v) is 9.11. The second-order valence-electron chi connectivity index (χ2n) is 6.81. The fourth-order valence-electron chi connectivity index (χ4n) is 3.14. The number of aryl methyl sites for hydroxylation is 1. The minimum absolute atomic E-state index is 0.108. The summed E-state index contributed by atoms with van der Waals surface area (Å²) in [5.41, 5.74) is 3.23. The summed E-state index contributed by atoms with van der Waals surface area (Å²) in [6, 6.07) is 6.99. The van der Waals surface area contributed by atoms with E-state index in [2.05, 4.69) is 15.2 Å². The predicted molar refractivity (Wildman–Crippen MR) is 109 cm³/mol. The number of nitrogens with zero attached hydrogens (tertiary/aromatic N) is 2. The maximum atomic E-state index is 14.8. The Morgan fingerprint density at radius 1 is 1.15 bits per heavy atom. The zero-order valence-electron chi connectivity index (χ0n) is 16.9. The van der Waals surface area contributed by atoms with E-state index in [1.54, 1.807) is 30.6 Å². The summed E-state index contributed by atoms with van der Waals surface area (Å²) >= 11 is 0. The lowest BCUT2D eigenvalue weighted by atomic mass is 9.98. The summed E-state index contributed by atoms with van der Waals surface area (Å²) in [7, 11) is 0. The molecule has 2 aromatic heterocycles. The predicted octanol–water partition coefficient (Wildman–Crippen LogP) is 4.01. The Kier molecular flexibility index (Phi) is 6.36. The van der Waals surface area contributed by atoms with Crippen LogP contribution in [0.15, 0.2) is 30.3 Å². The number of hydrogen-bond acceptors (Lipinski definition) is 6. The third-order valence-corrected chi connectivity index (χ3v) is 4.61. The molecule has 14 heteroatoms. The topological polar surface area (TPSA) is 155 Å². The highest BCUT2D eigenvalue weighted by Crippen LogP contribution is 2.39. The van der Waals surface area contributed by atoms with E-state index >= 15 is 0 Å². The Morgan fingerprint density at radius 2 is 1.79 bits per heavy atom. The van der Waals surface area contributed by atoms with Crippen molar-refractivity contribution in [2.45, 2.75) is 13.1 Å². The van der Waals surface area contributed by atoms with Gasteiger partial charge in [0.2, 0.25) is 0 Å². The van der Waals surface area contributed by atoms with Crippen LogP contribution in [0.4, 0.5) is 22.0 Å². The molecule has 0 bridgehead atoms. The van der Waals surface area contributed by atoms with Gasteiger partial charge in [-0.3, -0.25) is 21.2 Å². The zero-order chi connectivity index (χ0) is 25.4. The summed E-state index contributed by atoms with van der Waals surface area (Å²) in [5, 5.41) is 40.2. The lowest BCUT2D eigenvalue weighted by Crippen LogP contribution is -2.21. The van der Waals surface area contributed by atoms with Gasteiger partial charge in [0.15, 0.2) is 17.2 Å². The molecule has 0 unspecified atom stereocenters. The number of H-pyrrole nitrogens is 1. The van der Waals surface area contributed by atoms with Crippen LogP contribution in [-0.4, -0.2) is 48.6 Å². The lowest BCUT2D eigenvalue weighted by molar-refractivity contribution is -0.192. The zero-order valence-corrected chi connectivity index (χ0v) is 16.9. The summed E-state index contributed by atoms with van der Waals surface area (Å²) in [6.45, 7) is 1.62. The quantitative estimate of drug-likeness (QED) is 0.109. The number of nitrogens with one attached hydrogen (secondary N) is 3. The average Bonchev–Trinajstić information content (AvgIpc) is 3.16. The summed E-state index contributed by atoms with van der Waals surface area (Å²) in [4.78, 5) is 13.3. The van der Waals surface area contributed by atoms with Crippen LogP contribution < -0.4 is 5.48 Å². The number of phenols is 1. The number of benzene rings is 2. The lowest BCUT2D eigenvalue weighted by Gasteiger charge is -2.12. The molecule has 0 radical (unpaired) electrons. The summed E-state index contributed by atoms with van der Waals surface area (Å²) in [6.07, 6.45) is -5.08. The van der Waals surface area contributed by atoms with Crippen molar-refractivity contribution in [1.29, 1.82) is 5.41 Å². The molecule has 0 aliphatic heterocycles. The molecule has 0 saturated carbocycles. The van der Waals surface area contributed by atoms with Crippen molar-refractivity contribution < 1.29 is 42.2 Å². The molecule has 0 atom stereocenters. The molecule has 0 fully saturated rings. The summed E-state index contributed by atoms with van der Waals surface area (Å²) < 4.78 is 61.3. The number of carboxylic acids is 1. The van der Waals surface area contributed by atoms with Gasteiger partial charge in [0.05, 0.1) is 16.8 Å². The van der Waals surface area contributed by atoms with Gasteiger partial charge in [-0.1, -0.05) is 18.2 Å². The first kappa shape index (κ1) is 24.3. The molecule has 2 heterocycles. The molecular formula is C20H14F5N5O4. The minimum Gasteiger partial charge on any atom is -0.505 e. The van der Waals surface area contributed by atoms with E-state index in [1.165, 1.54) is 6.07 Å². The molecule has 0 aliphatic rings. The van der Waals surface area contributed by atoms with Crippen LogP contribution in [0.25, 0.3) is 33.1 Å². The monoisotopic (exact) mass is 483 g/mol. The number of carbonyl (C=O) groups is 1. The molecule has 4 rings (SSSR count). The van der Waals surface area contributed by atoms with E-state index in [0.29, 0.717) is 22.9 Å². The van der Waals surface area contributed by atoms with Crippen molar-refractivity contribution in [2.24, 2.45) is 0 Å². The number of carboxylic acid groups (broad SMARTS) is 1. The number of pyridine rings is 1. The van der Waals surface area contributed by atoms with Gasteiger partial charge in [0, 0.05) is 28.0 Å². The normalized spacial score (nSPS) is 11.3. The number of rotatable bonds is 2. The Balaban J connectivity index is 0.000000406. The van der Waals surface area contributed by atoms with Gasteiger partial charge in [-0.15, -0.1) is 0 Å². The molecule has 0 amide bonds. The number of aromatic nitrogens is 3. The first-order valence-electron chi connectivity index (χ1n) is 9.11. The number of aliphatic carboxylic acids is 1. The maximum Gasteiger partial charge on any atom is 0.490 e. The highest BCUT2D eigenvalue weighted by Gasteiger charge is 2.38. The Bertz CT molecular complexity index is 1430. The van der Waals surface area contributed by atoms with E-state index in [1.807, 2.05) is 0 Å². The van der Waals surface area contributed by atoms with Crippen molar-refractivity contribution in [1.82, 2.24) is 20.7 Å². The number of aromatic hydroxyl groups is 1. The van der Waals surface area contributed by atoms with E-state index < -0.39 is 29.5 Å². The molecule has 178 valence electrons.